The van der Waals surface area contributed by atoms with Gasteiger partial charge >= 0.3 is 5.97 Å². The number of esters is 1. The predicted molar refractivity (Wildman–Crippen MR) is 51.9 cm³/mol. The van der Waals surface area contributed by atoms with Gasteiger partial charge < -0.3 is 4.74 Å². The number of benzene rings is 1. The van der Waals surface area contributed by atoms with Gasteiger partial charge in [0, 0.05) is 5.88 Å². The quantitative estimate of drug-likeness (QED) is 0.574. The Morgan fingerprint density at radius 1 is 1.50 bits per heavy atom. The zero-order chi connectivity index (χ0) is 10.6. The van der Waals surface area contributed by atoms with Gasteiger partial charge in [0.05, 0.1) is 12.2 Å². The van der Waals surface area contributed by atoms with E-state index in [0.29, 0.717) is 5.56 Å². The van der Waals surface area contributed by atoms with Crippen LogP contribution in [0.5, 0.6) is 0 Å². The molecule has 4 heteroatoms. The van der Waals surface area contributed by atoms with Gasteiger partial charge in [-0.05, 0) is 30.7 Å². The van der Waals surface area contributed by atoms with Crippen molar-refractivity contribution in [1.82, 2.24) is 0 Å². The van der Waals surface area contributed by atoms with E-state index < -0.39 is 11.8 Å². The zero-order valence-electron chi connectivity index (χ0n) is 7.72. The molecule has 1 rings (SSSR count). The smallest absolute Gasteiger partial charge is 0.338 e. The monoisotopic (exact) mass is 216 g/mol. The van der Waals surface area contributed by atoms with Crippen LogP contribution >= 0.6 is 11.6 Å². The van der Waals surface area contributed by atoms with Crippen LogP contribution in [0.25, 0.3) is 0 Å². The Morgan fingerprint density at radius 3 is 2.79 bits per heavy atom. The summed E-state index contributed by atoms with van der Waals surface area (Å²) < 4.78 is 17.7. The van der Waals surface area contributed by atoms with Crippen molar-refractivity contribution in [2.24, 2.45) is 0 Å². The lowest BCUT2D eigenvalue weighted by Crippen LogP contribution is -2.05. The summed E-state index contributed by atoms with van der Waals surface area (Å²) in [5, 5.41) is 0. The van der Waals surface area contributed by atoms with Gasteiger partial charge in [0.2, 0.25) is 0 Å². The number of carbonyl (C=O) groups is 1. The summed E-state index contributed by atoms with van der Waals surface area (Å²) in [4.78, 5) is 11.2. The normalized spacial score (nSPS) is 9.93. The minimum Gasteiger partial charge on any atom is -0.462 e. The number of ether oxygens (including phenoxy) is 1. The number of halogens is 2. The Bertz CT molecular complexity index is 339. The van der Waals surface area contributed by atoms with Gasteiger partial charge in [-0.15, -0.1) is 11.6 Å². The third-order valence-electron chi connectivity index (χ3n) is 1.62. The van der Waals surface area contributed by atoms with E-state index in [0.717, 1.165) is 6.07 Å². The van der Waals surface area contributed by atoms with Gasteiger partial charge in [0.1, 0.15) is 5.82 Å². The molecule has 0 aliphatic rings. The van der Waals surface area contributed by atoms with Crippen molar-refractivity contribution in [3.05, 3.63) is 35.1 Å². The Balaban J connectivity index is 2.96. The first-order chi connectivity index (χ1) is 6.67. The van der Waals surface area contributed by atoms with Crippen LogP contribution in [0.1, 0.15) is 22.8 Å². The first-order valence-electron chi connectivity index (χ1n) is 4.20. The highest BCUT2D eigenvalue weighted by Crippen LogP contribution is 2.12. The molecule has 76 valence electrons. The van der Waals surface area contributed by atoms with Crippen LogP contribution < -0.4 is 0 Å². The van der Waals surface area contributed by atoms with Crippen LogP contribution in [0.2, 0.25) is 0 Å². The molecule has 1 aromatic carbocycles. The number of alkyl halides is 1. The third kappa shape index (κ3) is 2.70. The Hall–Kier alpha value is -1.09. The summed E-state index contributed by atoms with van der Waals surface area (Å²) in [6.07, 6.45) is 0. The number of hydrogen-bond acceptors (Lipinski definition) is 2. The molecule has 0 fully saturated rings. The molecule has 0 atom stereocenters. The molecule has 0 amide bonds. The van der Waals surface area contributed by atoms with Crippen molar-refractivity contribution in [3.8, 4) is 0 Å². The summed E-state index contributed by atoms with van der Waals surface area (Å²) in [6, 6.07) is 3.94. The highest BCUT2D eigenvalue weighted by molar-refractivity contribution is 6.17. The molecule has 2 nitrogen and oxygen atoms in total. The van der Waals surface area contributed by atoms with Gasteiger partial charge in [-0.3, -0.25) is 0 Å². The van der Waals surface area contributed by atoms with E-state index >= 15 is 0 Å². The largest absolute Gasteiger partial charge is 0.462 e. The van der Waals surface area contributed by atoms with Crippen LogP contribution in [0.4, 0.5) is 4.39 Å². The van der Waals surface area contributed by atoms with Crippen LogP contribution in [0, 0.1) is 5.82 Å². The predicted octanol–water partition coefficient (Wildman–Crippen LogP) is 2.74. The van der Waals surface area contributed by atoms with Crippen LogP contribution in [0.15, 0.2) is 18.2 Å². The second-order valence-corrected chi connectivity index (χ2v) is 2.97. The van der Waals surface area contributed by atoms with E-state index in [1.54, 1.807) is 6.92 Å². The molecule has 0 saturated carbocycles. The molecular weight excluding hydrogens is 207 g/mol. The molecule has 14 heavy (non-hydrogen) atoms. The standard InChI is InChI=1S/C10H10ClFO2/c1-2-14-10(13)8-3-7(6-11)4-9(12)5-8/h3-5H,2,6H2,1H3. The Morgan fingerprint density at radius 2 is 2.21 bits per heavy atom. The summed E-state index contributed by atoms with van der Waals surface area (Å²) in [5.74, 6) is -0.839. The maximum atomic E-state index is 12.9. The number of hydrogen-bond donors (Lipinski definition) is 0. The van der Waals surface area contributed by atoms with Gasteiger partial charge in [-0.2, -0.15) is 0 Å². The molecule has 0 aromatic heterocycles. The fourth-order valence-electron chi connectivity index (χ4n) is 1.06. The molecule has 0 aliphatic carbocycles. The van der Waals surface area contributed by atoms with Gasteiger partial charge in [-0.1, -0.05) is 0 Å². The van der Waals surface area contributed by atoms with Crippen molar-refractivity contribution in [2.75, 3.05) is 6.61 Å². The first kappa shape index (κ1) is 11.0. The molecule has 0 heterocycles. The summed E-state index contributed by atoms with van der Waals surface area (Å²) >= 11 is 5.53. The minimum atomic E-state index is -0.529. The molecule has 0 aliphatic heterocycles. The lowest BCUT2D eigenvalue weighted by molar-refractivity contribution is 0.0525. The second-order valence-electron chi connectivity index (χ2n) is 2.70. The van der Waals surface area contributed by atoms with E-state index in [1.165, 1.54) is 12.1 Å². The average molecular weight is 217 g/mol. The Labute approximate surface area is 86.6 Å². The lowest BCUT2D eigenvalue weighted by Gasteiger charge is -2.03. The molecule has 0 unspecified atom stereocenters. The van der Waals surface area contributed by atoms with E-state index in [4.69, 9.17) is 16.3 Å². The van der Waals surface area contributed by atoms with Crippen molar-refractivity contribution in [1.29, 1.82) is 0 Å². The number of carbonyl (C=O) groups excluding carboxylic acids is 1. The molecule has 0 saturated heterocycles. The molecular formula is C10H10ClFO2. The molecule has 0 N–H and O–H groups in total. The Kier molecular flexibility index (Phi) is 3.89. The van der Waals surface area contributed by atoms with Gasteiger partial charge in [-0.25, -0.2) is 9.18 Å². The average Bonchev–Trinajstić information content (AvgIpc) is 2.17. The zero-order valence-corrected chi connectivity index (χ0v) is 8.47. The fraction of sp³-hybridized carbons (Fsp3) is 0.300. The van der Waals surface area contributed by atoms with Crippen molar-refractivity contribution < 1.29 is 13.9 Å². The van der Waals surface area contributed by atoms with Crippen molar-refractivity contribution in [3.63, 3.8) is 0 Å². The molecule has 0 spiro atoms. The van der Waals surface area contributed by atoms with E-state index in [-0.39, 0.29) is 18.1 Å². The third-order valence-corrected chi connectivity index (χ3v) is 1.93. The van der Waals surface area contributed by atoms with E-state index in [9.17, 15) is 9.18 Å². The number of rotatable bonds is 3. The first-order valence-corrected chi connectivity index (χ1v) is 4.73. The second kappa shape index (κ2) is 4.96. The van der Waals surface area contributed by atoms with E-state index in [1.807, 2.05) is 0 Å². The minimum absolute atomic E-state index is 0.171. The van der Waals surface area contributed by atoms with E-state index in [2.05, 4.69) is 0 Å². The summed E-state index contributed by atoms with van der Waals surface area (Å²) in [7, 11) is 0. The molecule has 0 bridgehead atoms. The molecule has 0 radical (unpaired) electrons. The van der Waals surface area contributed by atoms with Gasteiger partial charge in [0.15, 0.2) is 0 Å². The fourth-order valence-corrected chi connectivity index (χ4v) is 1.21. The highest BCUT2D eigenvalue weighted by atomic mass is 35.5. The molecule has 1 aromatic rings. The maximum Gasteiger partial charge on any atom is 0.338 e. The highest BCUT2D eigenvalue weighted by Gasteiger charge is 2.08. The summed E-state index contributed by atoms with van der Waals surface area (Å²) in [6.45, 7) is 1.96. The topological polar surface area (TPSA) is 26.3 Å². The SMILES string of the molecule is CCOC(=O)c1cc(F)cc(CCl)c1. The van der Waals surface area contributed by atoms with Gasteiger partial charge in [0.25, 0.3) is 0 Å². The van der Waals surface area contributed by atoms with Crippen molar-refractivity contribution >= 4 is 17.6 Å². The lowest BCUT2D eigenvalue weighted by atomic mass is 10.1. The van der Waals surface area contributed by atoms with Crippen LogP contribution in [0.3, 0.4) is 0 Å². The summed E-state index contributed by atoms with van der Waals surface area (Å²) in [5.41, 5.74) is 0.761. The van der Waals surface area contributed by atoms with Crippen molar-refractivity contribution in [2.45, 2.75) is 12.8 Å². The van der Waals surface area contributed by atoms with Crippen LogP contribution in [-0.2, 0) is 10.6 Å². The maximum absolute atomic E-state index is 12.9. The van der Waals surface area contributed by atoms with Crippen LogP contribution in [-0.4, -0.2) is 12.6 Å².